The zero-order valence-corrected chi connectivity index (χ0v) is 14.8. The summed E-state index contributed by atoms with van der Waals surface area (Å²) in [6.45, 7) is 4.44. The SMILES string of the molecule is CCCCCCCCNC(=O)c1cc(S(=O)(=O)Cl)c(C)s1. The van der Waals surface area contributed by atoms with Crippen molar-refractivity contribution in [3.05, 3.63) is 15.8 Å². The van der Waals surface area contributed by atoms with Crippen LogP contribution in [0.5, 0.6) is 0 Å². The normalized spacial score (nSPS) is 11.6. The van der Waals surface area contributed by atoms with Gasteiger partial charge in [0.25, 0.3) is 15.0 Å². The third-order valence-corrected chi connectivity index (χ3v) is 5.80. The number of unbranched alkanes of at least 4 members (excludes halogenated alkanes) is 5. The molecule has 0 radical (unpaired) electrons. The molecule has 1 aromatic rings. The van der Waals surface area contributed by atoms with Crippen molar-refractivity contribution in [2.45, 2.75) is 57.3 Å². The van der Waals surface area contributed by atoms with Crippen molar-refractivity contribution in [1.82, 2.24) is 5.32 Å². The van der Waals surface area contributed by atoms with Gasteiger partial charge in [-0.3, -0.25) is 4.79 Å². The van der Waals surface area contributed by atoms with Crippen molar-refractivity contribution >= 4 is 37.0 Å². The fourth-order valence-corrected chi connectivity index (χ4v) is 4.59. The van der Waals surface area contributed by atoms with Crippen molar-refractivity contribution in [1.29, 1.82) is 0 Å². The number of hydrogen-bond donors (Lipinski definition) is 1. The standard InChI is InChI=1S/C14H22ClNO3S2/c1-3-4-5-6-7-8-9-16-14(17)12-10-13(11(2)20-12)21(15,18)19/h10H,3-9H2,1-2H3,(H,16,17). The smallest absolute Gasteiger partial charge is 0.262 e. The number of carbonyl (C=O) groups is 1. The van der Waals surface area contributed by atoms with Crippen molar-refractivity contribution in [2.75, 3.05) is 6.54 Å². The summed E-state index contributed by atoms with van der Waals surface area (Å²) in [4.78, 5) is 12.9. The van der Waals surface area contributed by atoms with Crippen LogP contribution in [0.2, 0.25) is 0 Å². The van der Waals surface area contributed by atoms with E-state index in [9.17, 15) is 13.2 Å². The molecule has 0 spiro atoms. The highest BCUT2D eigenvalue weighted by Crippen LogP contribution is 2.28. The van der Waals surface area contributed by atoms with Gasteiger partial charge in [-0.15, -0.1) is 11.3 Å². The highest BCUT2D eigenvalue weighted by atomic mass is 35.7. The van der Waals surface area contributed by atoms with Crippen LogP contribution in [0.1, 0.15) is 60.0 Å². The van der Waals surface area contributed by atoms with E-state index in [4.69, 9.17) is 10.7 Å². The fourth-order valence-electron chi connectivity index (χ4n) is 2.01. The largest absolute Gasteiger partial charge is 0.351 e. The molecular weight excluding hydrogens is 330 g/mol. The zero-order valence-electron chi connectivity index (χ0n) is 12.4. The minimum absolute atomic E-state index is 0.0267. The molecule has 0 fully saturated rings. The molecule has 21 heavy (non-hydrogen) atoms. The second kappa shape index (κ2) is 8.76. The number of hydrogen-bond acceptors (Lipinski definition) is 4. The van der Waals surface area contributed by atoms with E-state index in [2.05, 4.69) is 12.2 Å². The number of aryl methyl sites for hydroxylation is 1. The quantitative estimate of drug-likeness (QED) is 0.538. The van der Waals surface area contributed by atoms with E-state index in [1.807, 2.05) is 0 Å². The number of nitrogens with one attached hydrogen (secondary N) is 1. The lowest BCUT2D eigenvalue weighted by molar-refractivity contribution is 0.0957. The second-order valence-electron chi connectivity index (χ2n) is 4.99. The molecule has 0 aliphatic carbocycles. The lowest BCUT2D eigenvalue weighted by atomic mass is 10.1. The summed E-state index contributed by atoms with van der Waals surface area (Å²) in [6, 6.07) is 1.35. The lowest BCUT2D eigenvalue weighted by Crippen LogP contribution is -2.23. The van der Waals surface area contributed by atoms with Gasteiger partial charge in [-0.1, -0.05) is 39.0 Å². The third kappa shape index (κ3) is 6.36. The molecule has 0 aliphatic heterocycles. The number of halogens is 1. The van der Waals surface area contributed by atoms with Crippen LogP contribution in [0, 0.1) is 6.92 Å². The second-order valence-corrected chi connectivity index (χ2v) is 8.78. The molecule has 4 nitrogen and oxygen atoms in total. The van der Waals surface area contributed by atoms with Gasteiger partial charge < -0.3 is 5.32 Å². The predicted octanol–water partition coefficient (Wildman–Crippen LogP) is 4.07. The first-order valence-corrected chi connectivity index (χ1v) is 10.3. The summed E-state index contributed by atoms with van der Waals surface area (Å²) in [7, 11) is 1.53. The van der Waals surface area contributed by atoms with Crippen molar-refractivity contribution < 1.29 is 13.2 Å². The van der Waals surface area contributed by atoms with Gasteiger partial charge in [0.05, 0.1) is 9.77 Å². The molecule has 0 unspecified atom stereocenters. The minimum atomic E-state index is -3.78. The lowest BCUT2D eigenvalue weighted by Gasteiger charge is -2.03. The Morgan fingerprint density at radius 3 is 2.43 bits per heavy atom. The maximum absolute atomic E-state index is 11.9. The molecule has 1 amide bonds. The summed E-state index contributed by atoms with van der Waals surface area (Å²) >= 11 is 1.15. The summed E-state index contributed by atoms with van der Waals surface area (Å²) in [5.41, 5.74) is 0. The summed E-state index contributed by atoms with van der Waals surface area (Å²) in [5, 5.41) is 2.82. The number of rotatable bonds is 9. The Bertz CT molecular complexity index is 567. The molecule has 0 saturated heterocycles. The molecule has 1 N–H and O–H groups in total. The molecule has 0 bridgehead atoms. The third-order valence-electron chi connectivity index (χ3n) is 3.17. The van der Waals surface area contributed by atoms with Crippen LogP contribution in [0.3, 0.4) is 0 Å². The fraction of sp³-hybridized carbons (Fsp3) is 0.643. The van der Waals surface area contributed by atoms with Gasteiger partial charge >= 0.3 is 0 Å². The van der Waals surface area contributed by atoms with Crippen LogP contribution in [-0.4, -0.2) is 20.9 Å². The summed E-state index contributed by atoms with van der Waals surface area (Å²) in [5.74, 6) is -0.233. The number of thiophene rings is 1. The van der Waals surface area contributed by atoms with Gasteiger partial charge in [0.2, 0.25) is 0 Å². The Labute approximate surface area is 135 Å². The molecule has 1 aromatic heterocycles. The Hall–Kier alpha value is -0.590. The van der Waals surface area contributed by atoms with Crippen molar-refractivity contribution in [3.8, 4) is 0 Å². The molecule has 0 atom stereocenters. The van der Waals surface area contributed by atoms with Crippen LogP contribution >= 0.6 is 22.0 Å². The highest BCUT2D eigenvalue weighted by Gasteiger charge is 2.19. The van der Waals surface area contributed by atoms with E-state index in [0.29, 0.717) is 16.3 Å². The molecule has 0 aliphatic rings. The van der Waals surface area contributed by atoms with Crippen LogP contribution in [0.25, 0.3) is 0 Å². The average Bonchev–Trinajstić information content (AvgIpc) is 2.79. The van der Waals surface area contributed by atoms with Gasteiger partial charge in [-0.2, -0.15) is 0 Å². The highest BCUT2D eigenvalue weighted by molar-refractivity contribution is 8.13. The first-order chi connectivity index (χ1) is 9.86. The number of amides is 1. The topological polar surface area (TPSA) is 63.2 Å². The van der Waals surface area contributed by atoms with Gasteiger partial charge in [0, 0.05) is 22.1 Å². The first kappa shape index (κ1) is 18.5. The average molecular weight is 352 g/mol. The molecule has 120 valence electrons. The Balaban J connectivity index is 2.40. The van der Waals surface area contributed by atoms with Crippen LogP contribution < -0.4 is 5.32 Å². The molecule has 0 aromatic carbocycles. The predicted molar refractivity (Wildman–Crippen MR) is 87.8 cm³/mol. The molecule has 0 saturated carbocycles. The number of carbonyl (C=O) groups excluding carboxylic acids is 1. The van der Waals surface area contributed by atoms with Crippen LogP contribution in [-0.2, 0) is 9.05 Å². The van der Waals surface area contributed by atoms with E-state index in [1.54, 1.807) is 6.92 Å². The van der Waals surface area contributed by atoms with E-state index in [1.165, 1.54) is 31.7 Å². The maximum Gasteiger partial charge on any atom is 0.262 e. The van der Waals surface area contributed by atoms with E-state index >= 15 is 0 Å². The Morgan fingerprint density at radius 1 is 1.24 bits per heavy atom. The molecule has 1 rings (SSSR count). The maximum atomic E-state index is 11.9. The Morgan fingerprint density at radius 2 is 1.86 bits per heavy atom. The summed E-state index contributed by atoms with van der Waals surface area (Å²) in [6.07, 6.45) is 6.96. The van der Waals surface area contributed by atoms with Crippen LogP contribution in [0.15, 0.2) is 11.0 Å². The van der Waals surface area contributed by atoms with E-state index in [-0.39, 0.29) is 10.8 Å². The van der Waals surface area contributed by atoms with E-state index < -0.39 is 9.05 Å². The van der Waals surface area contributed by atoms with Gasteiger partial charge in [0.15, 0.2) is 0 Å². The van der Waals surface area contributed by atoms with E-state index in [0.717, 1.165) is 24.2 Å². The molecular formula is C14H22ClNO3S2. The summed E-state index contributed by atoms with van der Waals surface area (Å²) < 4.78 is 22.6. The van der Waals surface area contributed by atoms with Crippen LogP contribution in [0.4, 0.5) is 0 Å². The first-order valence-electron chi connectivity index (χ1n) is 7.19. The zero-order chi connectivity index (χ0) is 15.9. The minimum Gasteiger partial charge on any atom is -0.351 e. The van der Waals surface area contributed by atoms with Gasteiger partial charge in [-0.25, -0.2) is 8.42 Å². The Kier molecular flexibility index (Phi) is 7.70. The monoisotopic (exact) mass is 351 g/mol. The van der Waals surface area contributed by atoms with Crippen molar-refractivity contribution in [2.24, 2.45) is 0 Å². The van der Waals surface area contributed by atoms with Gasteiger partial charge in [0.1, 0.15) is 0 Å². The van der Waals surface area contributed by atoms with Gasteiger partial charge in [-0.05, 0) is 19.4 Å². The van der Waals surface area contributed by atoms with Crippen molar-refractivity contribution in [3.63, 3.8) is 0 Å². The molecule has 1 heterocycles. The molecule has 7 heteroatoms.